The molecule has 0 spiro atoms. The van der Waals surface area contributed by atoms with Gasteiger partial charge in [0.05, 0.1) is 5.60 Å². The molecule has 1 heterocycles. The lowest BCUT2D eigenvalue weighted by molar-refractivity contribution is -0.126. The van der Waals surface area contributed by atoms with E-state index in [4.69, 9.17) is 4.74 Å². The van der Waals surface area contributed by atoms with Crippen molar-refractivity contribution in [1.82, 2.24) is 10.2 Å². The monoisotopic (exact) mass is 494 g/mol. The maximum atomic E-state index is 12.7. The van der Waals surface area contributed by atoms with Gasteiger partial charge >= 0.3 is 6.09 Å². The molecule has 2 amide bonds. The van der Waals surface area contributed by atoms with Gasteiger partial charge in [0.25, 0.3) is 0 Å². The number of aliphatic hydroxyl groups is 1. The molecule has 3 rings (SSSR count). The lowest BCUT2D eigenvalue weighted by atomic mass is 9.88. The Bertz CT molecular complexity index is 1100. The minimum Gasteiger partial charge on any atom is -0.508 e. The summed E-state index contributed by atoms with van der Waals surface area (Å²) in [6, 6.07) is 13.2. The first-order valence-electron chi connectivity index (χ1n) is 12.4. The van der Waals surface area contributed by atoms with E-state index >= 15 is 0 Å². The first kappa shape index (κ1) is 27.3. The fourth-order valence-electron chi connectivity index (χ4n) is 4.32. The number of alkyl carbamates (subject to hydrolysis) is 1. The van der Waals surface area contributed by atoms with E-state index in [1.807, 2.05) is 37.8 Å². The Balaban J connectivity index is 1.52. The van der Waals surface area contributed by atoms with Crippen molar-refractivity contribution in [3.63, 3.8) is 0 Å². The number of aromatic hydroxyl groups is 1. The number of nitrogens with one attached hydrogen (secondary N) is 1. The van der Waals surface area contributed by atoms with Crippen LogP contribution >= 0.6 is 0 Å². The van der Waals surface area contributed by atoms with Crippen molar-refractivity contribution in [3.05, 3.63) is 70.8 Å². The van der Waals surface area contributed by atoms with Gasteiger partial charge in [0.15, 0.2) is 0 Å². The average Bonchev–Trinajstić information content (AvgIpc) is 2.79. The molecule has 1 fully saturated rings. The molecule has 0 aliphatic carbocycles. The summed E-state index contributed by atoms with van der Waals surface area (Å²) in [5, 5.41) is 23.1. The molecule has 3 N–H and O–H groups in total. The molecule has 2 aromatic rings. The van der Waals surface area contributed by atoms with Gasteiger partial charge in [0.1, 0.15) is 11.4 Å². The molecule has 0 aromatic heterocycles. The highest BCUT2D eigenvalue weighted by Crippen LogP contribution is 2.31. The third kappa shape index (κ3) is 7.85. The van der Waals surface area contributed by atoms with Crippen LogP contribution in [0.15, 0.2) is 48.5 Å². The highest BCUT2D eigenvalue weighted by Gasteiger charge is 2.23. The van der Waals surface area contributed by atoms with E-state index in [2.05, 4.69) is 17.4 Å². The van der Waals surface area contributed by atoms with Crippen LogP contribution in [0.2, 0.25) is 0 Å². The molecule has 0 unspecified atom stereocenters. The van der Waals surface area contributed by atoms with E-state index in [-0.39, 0.29) is 11.7 Å². The van der Waals surface area contributed by atoms with Crippen LogP contribution in [0.4, 0.5) is 4.79 Å². The van der Waals surface area contributed by atoms with Crippen molar-refractivity contribution in [2.45, 2.75) is 71.1 Å². The van der Waals surface area contributed by atoms with Gasteiger partial charge < -0.3 is 25.2 Å². The summed E-state index contributed by atoms with van der Waals surface area (Å²) in [4.78, 5) is 26.5. The zero-order valence-corrected chi connectivity index (χ0v) is 21.9. The summed E-state index contributed by atoms with van der Waals surface area (Å²) in [6.07, 6.45) is 4.51. The van der Waals surface area contributed by atoms with E-state index in [9.17, 15) is 19.8 Å². The van der Waals surface area contributed by atoms with Crippen LogP contribution in [-0.4, -0.2) is 45.8 Å². The lowest BCUT2D eigenvalue weighted by Crippen LogP contribution is -2.36. The quantitative estimate of drug-likeness (QED) is 0.488. The van der Waals surface area contributed by atoms with Gasteiger partial charge in [-0.25, -0.2) is 4.79 Å². The van der Waals surface area contributed by atoms with Gasteiger partial charge in [0.2, 0.25) is 5.91 Å². The molecule has 0 atom stereocenters. The largest absolute Gasteiger partial charge is 0.508 e. The predicted octanol–water partition coefficient (Wildman–Crippen LogP) is 5.06. The number of piperidine rings is 1. The molecule has 0 bridgehead atoms. The number of rotatable bonds is 6. The second kappa shape index (κ2) is 11.2. The first-order chi connectivity index (χ1) is 16.8. The first-order valence-corrected chi connectivity index (χ1v) is 12.4. The van der Waals surface area contributed by atoms with Crippen LogP contribution in [0.3, 0.4) is 0 Å². The van der Waals surface area contributed by atoms with Gasteiger partial charge in [-0.3, -0.25) is 4.79 Å². The molecule has 1 aliphatic heterocycles. The topological polar surface area (TPSA) is 99.1 Å². The van der Waals surface area contributed by atoms with Crippen molar-refractivity contribution < 1.29 is 24.5 Å². The predicted molar refractivity (Wildman–Crippen MR) is 140 cm³/mol. The molecule has 7 heteroatoms. The fourth-order valence-corrected chi connectivity index (χ4v) is 4.32. The third-order valence-electron chi connectivity index (χ3n) is 6.16. The number of nitrogens with zero attached hydrogens (tertiary/aromatic N) is 1. The van der Waals surface area contributed by atoms with Crippen molar-refractivity contribution >= 4 is 18.1 Å². The Morgan fingerprint density at radius 2 is 1.78 bits per heavy atom. The van der Waals surface area contributed by atoms with Gasteiger partial charge in [-0.15, -0.1) is 0 Å². The Hall–Kier alpha value is -3.32. The summed E-state index contributed by atoms with van der Waals surface area (Å²) in [5.41, 5.74) is 1.69. The zero-order valence-electron chi connectivity index (χ0n) is 21.9. The van der Waals surface area contributed by atoms with Gasteiger partial charge in [0, 0.05) is 31.3 Å². The molecule has 1 saturated heterocycles. The van der Waals surface area contributed by atoms with E-state index in [0.29, 0.717) is 36.7 Å². The van der Waals surface area contributed by atoms with Crippen LogP contribution in [0.5, 0.6) is 5.75 Å². The average molecular weight is 495 g/mol. The maximum absolute atomic E-state index is 12.7. The molecule has 7 nitrogen and oxygen atoms in total. The second-order valence-corrected chi connectivity index (χ2v) is 10.9. The fraction of sp³-hybridized carbons (Fsp3) is 0.448. The van der Waals surface area contributed by atoms with Gasteiger partial charge in [-0.2, -0.15) is 0 Å². The van der Waals surface area contributed by atoms with Crippen molar-refractivity contribution in [3.8, 4) is 5.75 Å². The molecule has 1 aliphatic rings. The number of carbonyl (C=O) groups is 2. The van der Waals surface area contributed by atoms with E-state index < -0.39 is 17.3 Å². The summed E-state index contributed by atoms with van der Waals surface area (Å²) < 4.78 is 5.30. The Morgan fingerprint density at radius 1 is 1.08 bits per heavy atom. The minimum absolute atomic E-state index is 0.00133. The molecule has 194 valence electrons. The molecular formula is C29H38N2O5. The number of benzene rings is 2. The van der Waals surface area contributed by atoms with Crippen molar-refractivity contribution in [2.24, 2.45) is 0 Å². The van der Waals surface area contributed by atoms with Crippen molar-refractivity contribution in [2.75, 3.05) is 13.1 Å². The minimum atomic E-state index is -1.14. The number of phenolic OH excluding ortho intramolecular Hbond substituents is 1. The Kier molecular flexibility index (Phi) is 8.46. The maximum Gasteiger partial charge on any atom is 0.407 e. The summed E-state index contributed by atoms with van der Waals surface area (Å²) in [7, 11) is 0. The normalized spacial score (nSPS) is 15.2. The van der Waals surface area contributed by atoms with Crippen LogP contribution in [0.1, 0.15) is 75.6 Å². The standard InChI is InChI=1S/C29H38N2O5/c1-28(2,3)36-27(34)30-19-21-7-6-8-23(17-21)22-13-15-31(16-14-22)26(33)12-10-20-9-11-24(25(32)18-20)29(4,5)35/h6-12,17-18,22,32,35H,13-16,19H2,1-5H3,(H,30,34)/b12-10+. The lowest BCUT2D eigenvalue weighted by Gasteiger charge is -2.31. The van der Waals surface area contributed by atoms with Gasteiger partial charge in [-0.05, 0) is 82.2 Å². The van der Waals surface area contributed by atoms with Crippen LogP contribution in [0.25, 0.3) is 6.08 Å². The summed E-state index contributed by atoms with van der Waals surface area (Å²) >= 11 is 0. The smallest absolute Gasteiger partial charge is 0.407 e. The summed E-state index contributed by atoms with van der Waals surface area (Å²) in [5.74, 6) is 0.294. The highest BCUT2D eigenvalue weighted by molar-refractivity contribution is 5.92. The number of ether oxygens (including phenoxy) is 1. The molecule has 36 heavy (non-hydrogen) atoms. The van der Waals surface area contributed by atoms with E-state index in [0.717, 1.165) is 18.4 Å². The van der Waals surface area contributed by atoms with Crippen molar-refractivity contribution in [1.29, 1.82) is 0 Å². The highest BCUT2D eigenvalue weighted by atomic mass is 16.6. The number of amides is 2. The number of hydrogen-bond donors (Lipinski definition) is 3. The van der Waals surface area contributed by atoms with Gasteiger partial charge in [-0.1, -0.05) is 36.4 Å². The number of carbonyl (C=O) groups excluding carboxylic acids is 2. The molecule has 0 radical (unpaired) electrons. The number of hydrogen-bond acceptors (Lipinski definition) is 5. The number of likely N-dealkylation sites (tertiary alicyclic amines) is 1. The zero-order chi connectivity index (χ0) is 26.5. The Morgan fingerprint density at radius 3 is 2.39 bits per heavy atom. The van der Waals surface area contributed by atoms with Crippen LogP contribution in [-0.2, 0) is 21.7 Å². The SMILES string of the molecule is CC(C)(C)OC(=O)NCc1cccc(C2CCN(C(=O)/C=C/c3ccc(C(C)(C)O)c(O)c3)CC2)c1. The molecule has 2 aromatic carbocycles. The number of phenols is 1. The Labute approximate surface area is 213 Å². The van der Waals surface area contributed by atoms with E-state index in [1.165, 1.54) is 11.6 Å². The second-order valence-electron chi connectivity index (χ2n) is 10.9. The van der Waals surface area contributed by atoms with E-state index in [1.54, 1.807) is 38.1 Å². The summed E-state index contributed by atoms with van der Waals surface area (Å²) in [6.45, 7) is 10.5. The van der Waals surface area contributed by atoms with Crippen LogP contribution < -0.4 is 5.32 Å². The van der Waals surface area contributed by atoms with Crippen LogP contribution in [0, 0.1) is 0 Å². The molecule has 0 saturated carbocycles. The molecular weight excluding hydrogens is 456 g/mol. The third-order valence-corrected chi connectivity index (χ3v) is 6.16.